The third-order valence-corrected chi connectivity index (χ3v) is 3.93. The van der Waals surface area contributed by atoms with Crippen LogP contribution in [0.15, 0.2) is 28.7 Å². The fraction of sp³-hybridized carbons (Fsp3) is 0.300. The summed E-state index contributed by atoms with van der Waals surface area (Å²) in [6.45, 7) is 2.47. The molecule has 0 spiro atoms. The molecule has 30 heavy (non-hydrogen) atoms. The SMILES string of the molecule is CCOC(=O)c1c(C)oc(NC(=O)COC(=O)Cc2ccc(OC)cc2)c1C(N)=O. The third-order valence-electron chi connectivity index (χ3n) is 3.93. The van der Waals surface area contributed by atoms with Crippen LogP contribution in [-0.2, 0) is 25.5 Å². The third kappa shape index (κ3) is 5.60. The number of carbonyl (C=O) groups is 4. The number of methoxy groups -OCH3 is 1. The lowest BCUT2D eigenvalue weighted by Gasteiger charge is -2.07. The highest BCUT2D eigenvalue weighted by atomic mass is 16.5. The maximum atomic E-state index is 12.1. The van der Waals surface area contributed by atoms with E-state index in [0.29, 0.717) is 11.3 Å². The molecule has 3 N–H and O–H groups in total. The lowest BCUT2D eigenvalue weighted by atomic mass is 10.1. The van der Waals surface area contributed by atoms with Gasteiger partial charge in [-0.2, -0.15) is 0 Å². The van der Waals surface area contributed by atoms with Crippen LogP contribution in [0.4, 0.5) is 5.88 Å². The van der Waals surface area contributed by atoms with Gasteiger partial charge in [0.1, 0.15) is 22.6 Å². The number of esters is 2. The van der Waals surface area contributed by atoms with E-state index in [2.05, 4.69) is 5.32 Å². The van der Waals surface area contributed by atoms with Gasteiger partial charge in [0.25, 0.3) is 11.8 Å². The second kappa shape index (κ2) is 10.1. The maximum absolute atomic E-state index is 12.1. The molecule has 0 unspecified atom stereocenters. The van der Waals surface area contributed by atoms with Crippen LogP contribution in [0, 0.1) is 6.92 Å². The van der Waals surface area contributed by atoms with Gasteiger partial charge < -0.3 is 24.4 Å². The molecule has 1 heterocycles. The molecule has 0 saturated heterocycles. The van der Waals surface area contributed by atoms with Gasteiger partial charge >= 0.3 is 11.9 Å². The fourth-order valence-electron chi connectivity index (χ4n) is 2.59. The van der Waals surface area contributed by atoms with Crippen LogP contribution in [0.25, 0.3) is 0 Å². The number of nitrogens with two attached hydrogens (primary N) is 1. The molecule has 10 nitrogen and oxygen atoms in total. The Hall–Kier alpha value is -3.82. The van der Waals surface area contributed by atoms with Crippen LogP contribution < -0.4 is 15.8 Å². The molecule has 0 saturated carbocycles. The van der Waals surface area contributed by atoms with Crippen molar-refractivity contribution in [3.63, 3.8) is 0 Å². The normalized spacial score (nSPS) is 10.2. The van der Waals surface area contributed by atoms with E-state index in [1.165, 1.54) is 14.0 Å². The predicted molar refractivity (Wildman–Crippen MR) is 104 cm³/mol. The topological polar surface area (TPSA) is 147 Å². The van der Waals surface area contributed by atoms with Crippen molar-refractivity contribution in [1.29, 1.82) is 0 Å². The van der Waals surface area contributed by atoms with E-state index in [1.54, 1.807) is 31.2 Å². The second-order valence-electron chi connectivity index (χ2n) is 6.06. The number of aryl methyl sites for hydroxylation is 1. The summed E-state index contributed by atoms with van der Waals surface area (Å²) in [6.07, 6.45) is -0.0450. The monoisotopic (exact) mass is 418 g/mol. The first-order chi connectivity index (χ1) is 14.3. The van der Waals surface area contributed by atoms with Crippen molar-refractivity contribution in [2.24, 2.45) is 5.73 Å². The van der Waals surface area contributed by atoms with Crippen molar-refractivity contribution in [1.82, 2.24) is 0 Å². The van der Waals surface area contributed by atoms with Gasteiger partial charge in [0.2, 0.25) is 5.88 Å². The van der Waals surface area contributed by atoms with Crippen LogP contribution >= 0.6 is 0 Å². The molecule has 160 valence electrons. The predicted octanol–water partition coefficient (Wildman–Crippen LogP) is 1.60. The number of anilines is 1. The number of hydrogen-bond donors (Lipinski definition) is 2. The fourth-order valence-corrected chi connectivity index (χ4v) is 2.59. The summed E-state index contributed by atoms with van der Waals surface area (Å²) in [6, 6.07) is 6.78. The van der Waals surface area contributed by atoms with Gasteiger partial charge in [0, 0.05) is 0 Å². The van der Waals surface area contributed by atoms with Crippen LogP contribution in [0.1, 0.15) is 39.0 Å². The van der Waals surface area contributed by atoms with Gasteiger partial charge in [0.05, 0.1) is 20.1 Å². The van der Waals surface area contributed by atoms with Crippen LogP contribution in [-0.4, -0.2) is 44.1 Å². The Labute approximate surface area is 172 Å². The Bertz CT molecular complexity index is 946. The van der Waals surface area contributed by atoms with Crippen LogP contribution in [0.5, 0.6) is 5.75 Å². The summed E-state index contributed by atoms with van der Waals surface area (Å²) < 4.78 is 20.1. The van der Waals surface area contributed by atoms with Crippen molar-refractivity contribution >= 4 is 29.6 Å². The van der Waals surface area contributed by atoms with Crippen molar-refractivity contribution in [3.05, 3.63) is 46.7 Å². The van der Waals surface area contributed by atoms with Gasteiger partial charge in [0.15, 0.2) is 6.61 Å². The zero-order valence-corrected chi connectivity index (χ0v) is 16.8. The average molecular weight is 418 g/mol. The summed E-state index contributed by atoms with van der Waals surface area (Å²) >= 11 is 0. The molecular formula is C20H22N2O8. The van der Waals surface area contributed by atoms with E-state index in [4.69, 9.17) is 24.4 Å². The number of rotatable bonds is 9. The van der Waals surface area contributed by atoms with Crippen molar-refractivity contribution in [2.45, 2.75) is 20.3 Å². The number of primary amides is 1. The second-order valence-corrected chi connectivity index (χ2v) is 6.06. The van der Waals surface area contributed by atoms with Crippen molar-refractivity contribution < 1.29 is 37.8 Å². The molecule has 0 fully saturated rings. The molecule has 0 aliphatic rings. The highest BCUT2D eigenvalue weighted by Crippen LogP contribution is 2.27. The number of ether oxygens (including phenoxy) is 3. The Morgan fingerprint density at radius 3 is 2.30 bits per heavy atom. The quantitative estimate of drug-likeness (QED) is 0.584. The Morgan fingerprint density at radius 2 is 1.73 bits per heavy atom. The van der Waals surface area contributed by atoms with Crippen molar-refractivity contribution in [3.8, 4) is 5.75 Å². The van der Waals surface area contributed by atoms with E-state index in [-0.39, 0.29) is 35.8 Å². The highest BCUT2D eigenvalue weighted by Gasteiger charge is 2.29. The Morgan fingerprint density at radius 1 is 1.07 bits per heavy atom. The molecule has 0 aliphatic heterocycles. The highest BCUT2D eigenvalue weighted by molar-refractivity contribution is 6.10. The summed E-state index contributed by atoms with van der Waals surface area (Å²) in [5, 5.41) is 2.28. The minimum Gasteiger partial charge on any atom is -0.497 e. The first-order valence-electron chi connectivity index (χ1n) is 8.95. The molecule has 2 aromatic rings. The van der Waals surface area contributed by atoms with Gasteiger partial charge in [-0.05, 0) is 31.5 Å². The van der Waals surface area contributed by atoms with E-state index in [0.717, 1.165) is 0 Å². The summed E-state index contributed by atoms with van der Waals surface area (Å²) in [4.78, 5) is 47.8. The summed E-state index contributed by atoms with van der Waals surface area (Å²) in [7, 11) is 1.53. The standard InChI is InChI=1S/C20H22N2O8/c1-4-28-20(26)16-11(2)30-19(17(16)18(21)25)22-14(23)10-29-15(24)9-12-5-7-13(27-3)8-6-12/h5-8H,4,9-10H2,1-3H3,(H2,21,25)(H,22,23). The number of benzene rings is 1. The molecule has 1 aromatic heterocycles. The largest absolute Gasteiger partial charge is 0.497 e. The van der Waals surface area contributed by atoms with E-state index in [9.17, 15) is 19.2 Å². The zero-order chi connectivity index (χ0) is 22.3. The van der Waals surface area contributed by atoms with Crippen LogP contribution in [0.3, 0.4) is 0 Å². The number of hydrogen-bond acceptors (Lipinski definition) is 8. The molecule has 0 radical (unpaired) electrons. The van der Waals surface area contributed by atoms with E-state index >= 15 is 0 Å². The van der Waals surface area contributed by atoms with Crippen molar-refractivity contribution in [2.75, 3.05) is 25.6 Å². The van der Waals surface area contributed by atoms with Gasteiger partial charge in [-0.25, -0.2) is 4.79 Å². The summed E-state index contributed by atoms with van der Waals surface area (Å²) in [5.74, 6) is -2.82. The molecule has 0 bridgehead atoms. The number of carbonyl (C=O) groups excluding carboxylic acids is 4. The molecule has 0 aliphatic carbocycles. The average Bonchev–Trinajstić information content (AvgIpc) is 3.03. The van der Waals surface area contributed by atoms with Crippen LogP contribution in [0.2, 0.25) is 0 Å². The zero-order valence-electron chi connectivity index (χ0n) is 16.8. The first-order valence-corrected chi connectivity index (χ1v) is 8.95. The van der Waals surface area contributed by atoms with Gasteiger partial charge in [-0.15, -0.1) is 0 Å². The minimum absolute atomic E-state index is 0.0450. The molecule has 2 amide bonds. The maximum Gasteiger partial charge on any atom is 0.342 e. The number of nitrogens with one attached hydrogen (secondary N) is 1. The molecule has 0 atom stereocenters. The van der Waals surface area contributed by atoms with E-state index < -0.39 is 30.4 Å². The number of amides is 2. The lowest BCUT2D eigenvalue weighted by molar-refractivity contribution is -0.146. The molecule has 1 aromatic carbocycles. The Balaban J connectivity index is 2.00. The van der Waals surface area contributed by atoms with Gasteiger partial charge in [-0.1, -0.05) is 12.1 Å². The minimum atomic E-state index is -0.985. The smallest absolute Gasteiger partial charge is 0.342 e. The number of furan rings is 1. The molecule has 10 heteroatoms. The van der Waals surface area contributed by atoms with Gasteiger partial charge in [-0.3, -0.25) is 19.7 Å². The summed E-state index contributed by atoms with van der Waals surface area (Å²) in [5.41, 5.74) is 5.51. The molecule has 2 rings (SSSR count). The Kier molecular flexibility index (Phi) is 7.56. The lowest BCUT2D eigenvalue weighted by Crippen LogP contribution is -2.24. The van der Waals surface area contributed by atoms with E-state index in [1.807, 2.05) is 0 Å². The molecular weight excluding hydrogens is 396 g/mol. The first kappa shape index (κ1) is 22.5.